The zero-order valence-electron chi connectivity index (χ0n) is 13.7. The minimum absolute atomic E-state index is 0.236. The first-order chi connectivity index (χ1) is 10.2. The van der Waals surface area contributed by atoms with Gasteiger partial charge in [-0.1, -0.05) is 6.42 Å². The van der Waals surface area contributed by atoms with Gasteiger partial charge in [0.25, 0.3) is 0 Å². The molecule has 118 valence electrons. The average Bonchev–Trinajstić information content (AvgIpc) is 2.48. The van der Waals surface area contributed by atoms with Crippen LogP contribution in [-0.2, 0) is 0 Å². The molecule has 0 aromatic heterocycles. The van der Waals surface area contributed by atoms with Crippen molar-refractivity contribution < 1.29 is 9.47 Å². The Bertz CT molecular complexity index is 446. The second-order valence-corrected chi connectivity index (χ2v) is 5.97. The van der Waals surface area contributed by atoms with Crippen molar-refractivity contribution in [1.29, 1.82) is 0 Å². The first-order valence-corrected chi connectivity index (χ1v) is 7.75. The molecule has 1 aromatic carbocycles. The van der Waals surface area contributed by atoms with Crippen LogP contribution in [-0.4, -0.2) is 46.3 Å². The third-order valence-electron chi connectivity index (χ3n) is 4.45. The van der Waals surface area contributed by atoms with Crippen molar-refractivity contribution in [2.45, 2.75) is 25.3 Å². The third kappa shape index (κ3) is 4.11. The number of hydrogen-bond acceptors (Lipinski definition) is 4. The molecule has 0 aliphatic heterocycles. The number of rotatable bonds is 8. The highest BCUT2D eigenvalue weighted by molar-refractivity contribution is 5.42. The Labute approximate surface area is 128 Å². The van der Waals surface area contributed by atoms with E-state index in [4.69, 9.17) is 9.47 Å². The van der Waals surface area contributed by atoms with Gasteiger partial charge in [0.2, 0.25) is 0 Å². The van der Waals surface area contributed by atoms with Gasteiger partial charge < -0.3 is 19.7 Å². The van der Waals surface area contributed by atoms with Crippen molar-refractivity contribution in [3.63, 3.8) is 0 Å². The zero-order chi connectivity index (χ0) is 15.2. The zero-order valence-corrected chi connectivity index (χ0v) is 13.7. The Morgan fingerprint density at radius 3 is 2.57 bits per heavy atom. The second-order valence-electron chi connectivity index (χ2n) is 5.97. The molecular formula is C17H28N2O2. The van der Waals surface area contributed by atoms with Crippen molar-refractivity contribution in [3.05, 3.63) is 23.8 Å². The molecule has 4 nitrogen and oxygen atoms in total. The van der Waals surface area contributed by atoms with Gasteiger partial charge in [0, 0.05) is 24.7 Å². The van der Waals surface area contributed by atoms with Gasteiger partial charge in [-0.25, -0.2) is 0 Å². The van der Waals surface area contributed by atoms with Crippen molar-refractivity contribution >= 4 is 0 Å². The van der Waals surface area contributed by atoms with E-state index in [1.807, 2.05) is 19.2 Å². The van der Waals surface area contributed by atoms with Crippen molar-refractivity contribution in [3.8, 4) is 11.5 Å². The third-order valence-corrected chi connectivity index (χ3v) is 4.45. The van der Waals surface area contributed by atoms with E-state index in [0.29, 0.717) is 0 Å². The van der Waals surface area contributed by atoms with Crippen molar-refractivity contribution in [2.75, 3.05) is 41.4 Å². The van der Waals surface area contributed by atoms with Crippen LogP contribution in [0.5, 0.6) is 11.5 Å². The minimum Gasteiger partial charge on any atom is -0.497 e. The Hall–Kier alpha value is -1.26. The quantitative estimate of drug-likeness (QED) is 0.799. The smallest absolute Gasteiger partial charge is 0.123 e. The predicted molar refractivity (Wildman–Crippen MR) is 86.2 cm³/mol. The molecule has 1 aliphatic rings. The Kier molecular flexibility index (Phi) is 5.88. The number of nitrogens with zero attached hydrogens (tertiary/aromatic N) is 1. The summed E-state index contributed by atoms with van der Waals surface area (Å²) in [5.74, 6) is 2.67. The fourth-order valence-electron chi connectivity index (χ4n) is 2.96. The van der Waals surface area contributed by atoms with Crippen LogP contribution in [0, 0.1) is 5.92 Å². The molecule has 0 amide bonds. The van der Waals surface area contributed by atoms with Gasteiger partial charge >= 0.3 is 0 Å². The molecule has 1 fully saturated rings. The Balaban J connectivity index is 2.07. The highest BCUT2D eigenvalue weighted by atomic mass is 16.5. The predicted octanol–water partition coefficient (Wildman–Crippen LogP) is 2.70. The van der Waals surface area contributed by atoms with E-state index >= 15 is 0 Å². The van der Waals surface area contributed by atoms with Gasteiger partial charge in [0.05, 0.1) is 14.2 Å². The highest BCUT2D eigenvalue weighted by Crippen LogP contribution is 2.31. The van der Waals surface area contributed by atoms with Crippen LogP contribution < -0.4 is 14.8 Å². The Morgan fingerprint density at radius 1 is 1.29 bits per heavy atom. The van der Waals surface area contributed by atoms with E-state index in [9.17, 15) is 0 Å². The molecule has 0 radical (unpaired) electrons. The van der Waals surface area contributed by atoms with E-state index in [0.717, 1.165) is 29.5 Å². The largest absolute Gasteiger partial charge is 0.497 e. The van der Waals surface area contributed by atoms with E-state index in [1.165, 1.54) is 25.8 Å². The van der Waals surface area contributed by atoms with Crippen molar-refractivity contribution in [2.24, 2.45) is 5.92 Å². The SMILES string of the molecule is CNC(CN(C)CC1CCC1)c1cc(OC)ccc1OC. The summed E-state index contributed by atoms with van der Waals surface area (Å²) in [5.41, 5.74) is 1.15. The lowest BCUT2D eigenvalue weighted by atomic mass is 9.85. The molecule has 21 heavy (non-hydrogen) atoms. The second kappa shape index (κ2) is 7.66. The summed E-state index contributed by atoms with van der Waals surface area (Å²) in [6, 6.07) is 6.22. The van der Waals surface area contributed by atoms with Gasteiger partial charge in [-0.2, -0.15) is 0 Å². The standard InChI is InChI=1S/C17H28N2O2/c1-18-16(12-19(2)11-13-6-5-7-13)15-10-14(20-3)8-9-17(15)21-4/h8-10,13,16,18H,5-7,11-12H2,1-4H3. The lowest BCUT2D eigenvalue weighted by Crippen LogP contribution is -2.36. The maximum absolute atomic E-state index is 5.51. The molecule has 0 spiro atoms. The lowest BCUT2D eigenvalue weighted by molar-refractivity contribution is 0.192. The molecule has 4 heteroatoms. The summed E-state index contributed by atoms with van der Waals surface area (Å²) in [4.78, 5) is 2.42. The van der Waals surface area contributed by atoms with Crippen LogP contribution in [0.1, 0.15) is 30.9 Å². The van der Waals surface area contributed by atoms with Gasteiger partial charge in [-0.15, -0.1) is 0 Å². The van der Waals surface area contributed by atoms with E-state index < -0.39 is 0 Å². The van der Waals surface area contributed by atoms with Gasteiger partial charge in [-0.3, -0.25) is 0 Å². The monoisotopic (exact) mass is 292 g/mol. The molecule has 0 saturated heterocycles. The molecule has 0 heterocycles. The van der Waals surface area contributed by atoms with E-state index in [1.54, 1.807) is 14.2 Å². The lowest BCUT2D eigenvalue weighted by Gasteiger charge is -2.32. The summed E-state index contributed by atoms with van der Waals surface area (Å²) in [6.07, 6.45) is 4.17. The number of likely N-dealkylation sites (N-methyl/N-ethyl adjacent to an activating group) is 2. The molecule has 1 aliphatic carbocycles. The van der Waals surface area contributed by atoms with Crippen LogP contribution in [0.15, 0.2) is 18.2 Å². The van der Waals surface area contributed by atoms with Crippen LogP contribution in [0.4, 0.5) is 0 Å². The number of hydrogen-bond donors (Lipinski definition) is 1. The van der Waals surface area contributed by atoms with Crippen LogP contribution in [0.25, 0.3) is 0 Å². The molecule has 1 unspecified atom stereocenters. The van der Waals surface area contributed by atoms with E-state index in [2.05, 4.69) is 23.3 Å². The minimum atomic E-state index is 0.236. The highest BCUT2D eigenvalue weighted by Gasteiger charge is 2.22. The van der Waals surface area contributed by atoms with Gasteiger partial charge in [0.15, 0.2) is 0 Å². The first-order valence-electron chi connectivity index (χ1n) is 7.75. The normalized spacial score (nSPS) is 16.6. The van der Waals surface area contributed by atoms with Crippen LogP contribution >= 0.6 is 0 Å². The summed E-state index contributed by atoms with van der Waals surface area (Å²) in [7, 11) is 7.62. The molecule has 1 atom stereocenters. The number of ether oxygens (including phenoxy) is 2. The number of methoxy groups -OCH3 is 2. The molecule has 1 aromatic rings. The summed E-state index contributed by atoms with van der Waals surface area (Å²) in [6.45, 7) is 2.15. The Morgan fingerprint density at radius 2 is 2.05 bits per heavy atom. The fourth-order valence-corrected chi connectivity index (χ4v) is 2.96. The van der Waals surface area contributed by atoms with Crippen LogP contribution in [0.2, 0.25) is 0 Å². The molecule has 2 rings (SSSR count). The fraction of sp³-hybridized carbons (Fsp3) is 0.647. The van der Waals surface area contributed by atoms with Crippen molar-refractivity contribution in [1.82, 2.24) is 10.2 Å². The molecular weight excluding hydrogens is 264 g/mol. The van der Waals surface area contributed by atoms with E-state index in [-0.39, 0.29) is 6.04 Å². The molecule has 1 N–H and O–H groups in total. The first kappa shape index (κ1) is 16.1. The summed E-state index contributed by atoms with van der Waals surface area (Å²) < 4.78 is 10.9. The number of benzene rings is 1. The van der Waals surface area contributed by atoms with Gasteiger partial charge in [-0.05, 0) is 51.1 Å². The van der Waals surface area contributed by atoms with Gasteiger partial charge in [0.1, 0.15) is 11.5 Å². The average molecular weight is 292 g/mol. The summed E-state index contributed by atoms with van der Waals surface area (Å²) >= 11 is 0. The maximum atomic E-state index is 5.51. The number of nitrogens with one attached hydrogen (secondary N) is 1. The van der Waals surface area contributed by atoms with Crippen LogP contribution in [0.3, 0.4) is 0 Å². The molecule has 0 bridgehead atoms. The molecule has 1 saturated carbocycles. The summed E-state index contributed by atoms with van der Waals surface area (Å²) in [5, 5.41) is 3.41. The maximum Gasteiger partial charge on any atom is 0.123 e. The topological polar surface area (TPSA) is 33.7 Å².